The summed E-state index contributed by atoms with van der Waals surface area (Å²) in [5.74, 6) is -7.88. The molecular weight excluding hydrogens is 855 g/mol. The summed E-state index contributed by atoms with van der Waals surface area (Å²) in [7, 11) is 0. The molecule has 356 valence electrons. The van der Waals surface area contributed by atoms with E-state index in [-0.39, 0.29) is 68.0 Å². The number of hydrogen-bond donors (Lipinski definition) is 15. The molecule has 2 aliphatic heterocycles. The molecule has 26 heteroatoms. The lowest BCUT2D eigenvalue weighted by Gasteiger charge is -2.26. The number of hydrogen-bond acceptors (Lipinski definition) is 15. The summed E-state index contributed by atoms with van der Waals surface area (Å²) in [6.07, 6.45) is 2.65. The Morgan fingerprint density at radius 3 is 1.75 bits per heavy atom. The molecule has 63 heavy (non-hydrogen) atoms. The van der Waals surface area contributed by atoms with E-state index < -0.39 is 117 Å². The van der Waals surface area contributed by atoms with Crippen LogP contribution in [0.3, 0.4) is 0 Å². The fourth-order valence-corrected chi connectivity index (χ4v) is 8.19. The predicted octanol–water partition coefficient (Wildman–Crippen LogP) is -5.44. The molecule has 0 aromatic rings. The lowest BCUT2D eigenvalue weighted by molar-refractivity contribution is -0.139. The van der Waals surface area contributed by atoms with E-state index >= 15 is 0 Å². The maximum atomic E-state index is 13.5. The van der Waals surface area contributed by atoms with Crippen LogP contribution in [0.4, 0.5) is 4.79 Å². The molecular formula is C37H63N11O14S. The minimum Gasteiger partial charge on any atom is -0.481 e. The molecule has 0 radical (unpaired) electrons. The number of carbonyl (C=O) groups is 10. The molecule has 2 saturated heterocycles. The zero-order chi connectivity index (χ0) is 46.9. The van der Waals surface area contributed by atoms with Crippen LogP contribution in [-0.2, 0) is 43.2 Å². The highest BCUT2D eigenvalue weighted by Crippen LogP contribution is 2.33. The SMILES string of the molecule is NCCCC[C@@H](NC(=O)[C@H](CO)NC(=O)CN)C(=O)N[C@@H](CO)C(=O)N[C@@H](CCC(=O)O)C(=O)N[C@@H](CCCCNC(=O)CCCC[C@@H]1SC[C@@H]2NC(=O)N[C@@H]21)C(=O)NCC(=O)O. The molecule has 0 aromatic heterocycles. The zero-order valence-electron chi connectivity index (χ0n) is 35.0. The Kier molecular flexibility index (Phi) is 24.9. The van der Waals surface area contributed by atoms with Gasteiger partial charge in [0, 0.05) is 30.4 Å². The van der Waals surface area contributed by atoms with Gasteiger partial charge in [-0.25, -0.2) is 4.79 Å². The Morgan fingerprint density at radius 1 is 0.619 bits per heavy atom. The van der Waals surface area contributed by atoms with Crippen molar-refractivity contribution in [3.05, 3.63) is 0 Å². The number of carboxylic acid groups (broad SMARTS) is 2. The topological polar surface area (TPSA) is 412 Å². The molecule has 0 bridgehead atoms. The maximum absolute atomic E-state index is 13.5. The fraction of sp³-hybridized carbons (Fsp3) is 0.730. The van der Waals surface area contributed by atoms with Crippen molar-refractivity contribution in [2.24, 2.45) is 11.5 Å². The van der Waals surface area contributed by atoms with Gasteiger partial charge in [-0.2, -0.15) is 11.8 Å². The Bertz CT molecular complexity index is 1590. The number of fused-ring (bicyclic) bond motifs is 1. The lowest BCUT2D eigenvalue weighted by atomic mass is 10.0. The minimum absolute atomic E-state index is 0.0264. The van der Waals surface area contributed by atoms with E-state index in [9.17, 15) is 63.3 Å². The average Bonchev–Trinajstić information content (AvgIpc) is 3.81. The summed E-state index contributed by atoms with van der Waals surface area (Å²) in [5, 5.41) is 60.6. The predicted molar refractivity (Wildman–Crippen MR) is 224 cm³/mol. The van der Waals surface area contributed by atoms with Gasteiger partial charge in [0.25, 0.3) is 0 Å². The van der Waals surface area contributed by atoms with Crippen molar-refractivity contribution in [3.63, 3.8) is 0 Å². The molecule has 0 aromatic carbocycles. The first-order valence-corrected chi connectivity index (χ1v) is 21.9. The normalized spacial score (nSPS) is 18.7. The van der Waals surface area contributed by atoms with Crippen LogP contribution in [0, 0.1) is 0 Å². The fourth-order valence-electron chi connectivity index (χ4n) is 6.65. The molecule has 25 nitrogen and oxygen atoms in total. The number of aliphatic hydroxyl groups is 2. The molecule has 0 spiro atoms. The van der Waals surface area contributed by atoms with Gasteiger partial charge in [-0.05, 0) is 64.3 Å². The van der Waals surface area contributed by atoms with Crippen molar-refractivity contribution in [1.82, 2.24) is 47.9 Å². The number of nitrogens with one attached hydrogen (secondary N) is 9. The molecule has 0 saturated carbocycles. The third-order valence-corrected chi connectivity index (χ3v) is 11.6. The van der Waals surface area contributed by atoms with Crippen LogP contribution < -0.4 is 59.3 Å². The summed E-state index contributed by atoms with van der Waals surface area (Å²) < 4.78 is 0. The second-order valence-electron chi connectivity index (χ2n) is 15.0. The average molecular weight is 918 g/mol. The van der Waals surface area contributed by atoms with Crippen molar-refractivity contribution in [1.29, 1.82) is 0 Å². The van der Waals surface area contributed by atoms with Crippen molar-refractivity contribution in [3.8, 4) is 0 Å². The standard InChI is InChI=1S/C37H63N11O14S/c38-13-5-3-7-21(44-35(60)23(17-49)42-28(52)15-39)33(58)46-24(18-50)36(61)45-22(11-12-29(53)54)34(59)43-20(32(57)41-16-30(55)56)8-4-6-14-40-27(51)10-2-1-9-26-31-25(19-63-26)47-37(62)48-31/h20-26,31,49-50H,1-19,38-39H2,(H,40,51)(H,41,57)(H,42,52)(H,43,59)(H,44,60)(H,45,61)(H,46,58)(H,53,54)(H,55,56)(H2,47,48,62)/t20-,21+,22-,23-,24-,25-,26-,31-/m0/s1. The first-order chi connectivity index (χ1) is 30.0. The Morgan fingerprint density at radius 2 is 1.17 bits per heavy atom. The van der Waals surface area contributed by atoms with Crippen molar-refractivity contribution in [2.45, 2.75) is 125 Å². The van der Waals surface area contributed by atoms with Crippen molar-refractivity contribution < 1.29 is 68.4 Å². The van der Waals surface area contributed by atoms with Gasteiger partial charge in [0.05, 0.1) is 31.8 Å². The van der Waals surface area contributed by atoms with Gasteiger partial charge < -0.3 is 79.7 Å². The molecule has 8 atom stereocenters. The van der Waals surface area contributed by atoms with Gasteiger partial charge in [0.15, 0.2) is 0 Å². The number of aliphatic hydroxyl groups excluding tert-OH is 2. The van der Waals surface area contributed by atoms with Gasteiger partial charge in [-0.1, -0.05) is 6.42 Å². The van der Waals surface area contributed by atoms with E-state index in [1.54, 1.807) is 11.8 Å². The summed E-state index contributed by atoms with van der Waals surface area (Å²) in [4.78, 5) is 124. The number of carboxylic acids is 2. The zero-order valence-corrected chi connectivity index (χ0v) is 35.8. The highest BCUT2D eigenvalue weighted by molar-refractivity contribution is 8.00. The second kappa shape index (κ2) is 29.1. The quantitative estimate of drug-likeness (QED) is 0.0221. The maximum Gasteiger partial charge on any atom is 0.322 e. The van der Waals surface area contributed by atoms with Crippen LogP contribution in [0.2, 0.25) is 0 Å². The second-order valence-corrected chi connectivity index (χ2v) is 16.2. The summed E-state index contributed by atoms with van der Waals surface area (Å²) in [6.45, 7) is -2.69. The third-order valence-electron chi connectivity index (χ3n) is 10.1. The van der Waals surface area contributed by atoms with Crippen LogP contribution in [0.1, 0.15) is 77.0 Å². The highest BCUT2D eigenvalue weighted by Gasteiger charge is 2.42. The van der Waals surface area contributed by atoms with Crippen molar-refractivity contribution in [2.75, 3.05) is 45.1 Å². The first-order valence-electron chi connectivity index (χ1n) is 20.8. The lowest BCUT2D eigenvalue weighted by Crippen LogP contribution is -2.60. The number of urea groups is 1. The molecule has 2 aliphatic rings. The molecule has 2 fully saturated rings. The molecule has 2 rings (SSSR count). The number of thioether (sulfide) groups is 1. The number of amides is 9. The van der Waals surface area contributed by atoms with Crippen LogP contribution in [0.5, 0.6) is 0 Å². The summed E-state index contributed by atoms with van der Waals surface area (Å²) in [5.41, 5.74) is 10.8. The van der Waals surface area contributed by atoms with E-state index in [0.717, 1.165) is 18.6 Å². The number of rotatable bonds is 32. The number of nitrogens with two attached hydrogens (primary N) is 2. The van der Waals surface area contributed by atoms with Crippen LogP contribution >= 0.6 is 11.8 Å². The first kappa shape index (κ1) is 53.8. The number of unbranched alkanes of at least 4 members (excludes halogenated alkanes) is 3. The molecule has 17 N–H and O–H groups in total. The molecule has 0 unspecified atom stereocenters. The summed E-state index contributed by atoms with van der Waals surface area (Å²) in [6, 6.07) is -7.58. The third kappa shape index (κ3) is 20.2. The summed E-state index contributed by atoms with van der Waals surface area (Å²) >= 11 is 1.79. The van der Waals surface area contributed by atoms with Gasteiger partial charge in [-0.3, -0.25) is 43.2 Å². The smallest absolute Gasteiger partial charge is 0.322 e. The Labute approximate surface area is 367 Å². The largest absolute Gasteiger partial charge is 0.481 e. The van der Waals surface area contributed by atoms with Gasteiger partial charge >= 0.3 is 18.0 Å². The molecule has 9 amide bonds. The van der Waals surface area contributed by atoms with E-state index in [1.807, 2.05) is 0 Å². The van der Waals surface area contributed by atoms with E-state index in [0.29, 0.717) is 25.7 Å². The van der Waals surface area contributed by atoms with Gasteiger partial charge in [-0.15, -0.1) is 0 Å². The Hall–Kier alpha value is -5.31. The van der Waals surface area contributed by atoms with Crippen LogP contribution in [-0.4, -0.2) is 172 Å². The van der Waals surface area contributed by atoms with Crippen LogP contribution in [0.25, 0.3) is 0 Å². The van der Waals surface area contributed by atoms with Gasteiger partial charge in [0.1, 0.15) is 36.8 Å². The monoisotopic (exact) mass is 917 g/mol. The minimum atomic E-state index is -1.75. The number of carbonyl (C=O) groups excluding carboxylic acids is 8. The van der Waals surface area contributed by atoms with E-state index in [4.69, 9.17) is 16.6 Å². The number of aliphatic carboxylic acids is 2. The van der Waals surface area contributed by atoms with Crippen LogP contribution in [0.15, 0.2) is 0 Å². The Balaban J connectivity index is 2.02. The van der Waals surface area contributed by atoms with Crippen molar-refractivity contribution >= 4 is 71.1 Å². The van der Waals surface area contributed by atoms with E-state index in [1.165, 1.54) is 0 Å². The van der Waals surface area contributed by atoms with E-state index in [2.05, 4.69) is 47.9 Å². The molecule has 2 heterocycles. The molecule has 0 aliphatic carbocycles. The highest BCUT2D eigenvalue weighted by atomic mass is 32.2. The van der Waals surface area contributed by atoms with Gasteiger partial charge in [0.2, 0.25) is 41.4 Å².